The van der Waals surface area contributed by atoms with Gasteiger partial charge in [-0.3, -0.25) is 10.1 Å². The molecular formula is C13H7N3O4S. The number of hydrogen-bond donors (Lipinski definition) is 1. The van der Waals surface area contributed by atoms with Crippen molar-refractivity contribution in [2.45, 2.75) is 9.92 Å². The van der Waals surface area contributed by atoms with Gasteiger partial charge >= 0.3 is 5.97 Å². The summed E-state index contributed by atoms with van der Waals surface area (Å²) in [7, 11) is 0. The van der Waals surface area contributed by atoms with Crippen LogP contribution in [0.25, 0.3) is 0 Å². The average Bonchev–Trinajstić information content (AvgIpc) is 2.48. The number of benzene rings is 1. The van der Waals surface area contributed by atoms with Gasteiger partial charge in [0.05, 0.1) is 27.0 Å². The van der Waals surface area contributed by atoms with E-state index in [0.29, 0.717) is 9.92 Å². The number of aromatic carboxylic acids is 1. The van der Waals surface area contributed by atoms with E-state index >= 15 is 0 Å². The van der Waals surface area contributed by atoms with E-state index < -0.39 is 10.9 Å². The Kier molecular flexibility index (Phi) is 4.15. The molecule has 1 heterocycles. The predicted molar refractivity (Wildman–Crippen MR) is 73.1 cm³/mol. The Morgan fingerprint density at radius 1 is 1.38 bits per heavy atom. The minimum atomic E-state index is -1.09. The van der Waals surface area contributed by atoms with Crippen LogP contribution in [0.3, 0.4) is 0 Å². The van der Waals surface area contributed by atoms with Gasteiger partial charge in [-0.05, 0) is 24.3 Å². The Labute approximate surface area is 123 Å². The summed E-state index contributed by atoms with van der Waals surface area (Å²) in [5, 5.41) is 29.0. The number of nitro benzene ring substituents is 1. The highest BCUT2D eigenvalue weighted by molar-refractivity contribution is 7.99. The minimum absolute atomic E-state index is 0.0358. The number of nitriles is 1. The maximum absolute atomic E-state index is 11.0. The first kappa shape index (κ1) is 14.5. The number of pyridine rings is 1. The molecule has 2 rings (SSSR count). The molecule has 8 heteroatoms. The Bertz CT molecular complexity index is 753. The van der Waals surface area contributed by atoms with Crippen LogP contribution in [0, 0.1) is 21.4 Å². The van der Waals surface area contributed by atoms with Crippen molar-refractivity contribution >= 4 is 23.4 Å². The molecule has 0 fully saturated rings. The molecule has 2 aromatic rings. The van der Waals surface area contributed by atoms with Gasteiger partial charge in [0, 0.05) is 12.3 Å². The molecule has 0 aliphatic rings. The predicted octanol–water partition coefficient (Wildman–Crippen LogP) is 2.71. The molecule has 1 aromatic carbocycles. The second kappa shape index (κ2) is 6.02. The number of nitro groups is 1. The molecule has 1 N–H and O–H groups in total. The monoisotopic (exact) mass is 301 g/mol. The van der Waals surface area contributed by atoms with Crippen molar-refractivity contribution < 1.29 is 14.8 Å². The highest BCUT2D eigenvalue weighted by Gasteiger charge is 2.16. The molecule has 7 nitrogen and oxygen atoms in total. The third-order valence-electron chi connectivity index (χ3n) is 2.48. The summed E-state index contributed by atoms with van der Waals surface area (Å²) in [5.74, 6) is -1.09. The van der Waals surface area contributed by atoms with Crippen LogP contribution in [-0.2, 0) is 0 Å². The lowest BCUT2D eigenvalue weighted by Gasteiger charge is -2.03. The lowest BCUT2D eigenvalue weighted by molar-refractivity contribution is -0.387. The lowest BCUT2D eigenvalue weighted by atomic mass is 10.2. The molecule has 0 saturated carbocycles. The summed E-state index contributed by atoms with van der Waals surface area (Å²) < 4.78 is 0. The molecule has 0 spiro atoms. The SMILES string of the molecule is N#Cc1ccc(Sc2ccc(C(=O)O)cn2)c([N+](=O)[O-])c1. The van der Waals surface area contributed by atoms with E-state index in [1.807, 2.05) is 6.07 Å². The summed E-state index contributed by atoms with van der Waals surface area (Å²) in [6.45, 7) is 0. The topological polar surface area (TPSA) is 117 Å². The second-order valence-corrected chi connectivity index (χ2v) is 4.91. The molecule has 1 aromatic heterocycles. The Balaban J connectivity index is 2.33. The van der Waals surface area contributed by atoms with E-state index in [4.69, 9.17) is 10.4 Å². The minimum Gasteiger partial charge on any atom is -0.478 e. The van der Waals surface area contributed by atoms with Crippen molar-refractivity contribution in [3.8, 4) is 6.07 Å². The van der Waals surface area contributed by atoms with Gasteiger partial charge in [0.15, 0.2) is 0 Å². The van der Waals surface area contributed by atoms with Gasteiger partial charge in [-0.1, -0.05) is 11.8 Å². The third-order valence-corrected chi connectivity index (χ3v) is 3.50. The van der Waals surface area contributed by atoms with Gasteiger partial charge in [0.25, 0.3) is 5.69 Å². The smallest absolute Gasteiger partial charge is 0.337 e. The van der Waals surface area contributed by atoms with Crippen molar-refractivity contribution in [1.29, 1.82) is 5.26 Å². The first-order valence-electron chi connectivity index (χ1n) is 5.57. The van der Waals surface area contributed by atoms with E-state index in [1.54, 1.807) is 0 Å². The van der Waals surface area contributed by atoms with Gasteiger partial charge in [0.2, 0.25) is 0 Å². The molecule has 104 valence electrons. The molecular weight excluding hydrogens is 294 g/mol. The highest BCUT2D eigenvalue weighted by Crippen LogP contribution is 2.34. The van der Waals surface area contributed by atoms with Gasteiger partial charge in [-0.25, -0.2) is 9.78 Å². The zero-order chi connectivity index (χ0) is 15.4. The summed E-state index contributed by atoms with van der Waals surface area (Å²) in [5.41, 5.74) is 0.0390. The van der Waals surface area contributed by atoms with Crippen LogP contribution in [0.2, 0.25) is 0 Å². The second-order valence-electron chi connectivity index (χ2n) is 3.84. The molecule has 0 aliphatic carbocycles. The summed E-state index contributed by atoms with van der Waals surface area (Å²) in [4.78, 5) is 25.4. The maximum atomic E-state index is 11.0. The van der Waals surface area contributed by atoms with Crippen LogP contribution >= 0.6 is 11.8 Å². The number of carbonyl (C=O) groups is 1. The van der Waals surface area contributed by atoms with Crippen molar-refractivity contribution in [1.82, 2.24) is 4.98 Å². The Hall–Kier alpha value is -2.92. The summed E-state index contributed by atoms with van der Waals surface area (Å²) >= 11 is 1.03. The summed E-state index contributed by atoms with van der Waals surface area (Å²) in [6.07, 6.45) is 1.18. The molecule has 0 amide bonds. The fourth-order valence-corrected chi connectivity index (χ4v) is 2.34. The van der Waals surface area contributed by atoms with Crippen molar-refractivity contribution in [3.63, 3.8) is 0 Å². The van der Waals surface area contributed by atoms with Crippen molar-refractivity contribution in [2.75, 3.05) is 0 Å². The number of rotatable bonds is 4. The average molecular weight is 301 g/mol. The maximum Gasteiger partial charge on any atom is 0.337 e. The molecule has 0 atom stereocenters. The number of carboxylic acid groups (broad SMARTS) is 1. The number of hydrogen-bond acceptors (Lipinski definition) is 6. The van der Waals surface area contributed by atoms with Crippen LogP contribution < -0.4 is 0 Å². The van der Waals surface area contributed by atoms with E-state index in [9.17, 15) is 14.9 Å². The number of aromatic nitrogens is 1. The van der Waals surface area contributed by atoms with E-state index in [1.165, 1.54) is 36.5 Å². The quantitative estimate of drug-likeness (QED) is 0.681. The first-order chi connectivity index (χ1) is 10.0. The Morgan fingerprint density at radius 3 is 2.67 bits per heavy atom. The molecule has 0 aliphatic heterocycles. The van der Waals surface area contributed by atoms with Gasteiger partial charge in [-0.2, -0.15) is 5.26 Å². The molecule has 21 heavy (non-hydrogen) atoms. The first-order valence-corrected chi connectivity index (χ1v) is 6.38. The standard InChI is InChI=1S/C13H7N3O4S/c14-6-8-1-3-11(10(5-8)16(19)20)21-12-4-2-9(7-15-12)13(17)18/h1-5,7H,(H,17,18). The fraction of sp³-hybridized carbons (Fsp3) is 0. The molecule has 0 bridgehead atoms. The van der Waals surface area contributed by atoms with Crippen LogP contribution in [0.5, 0.6) is 0 Å². The molecule has 0 radical (unpaired) electrons. The zero-order valence-electron chi connectivity index (χ0n) is 10.4. The van der Waals surface area contributed by atoms with E-state index in [0.717, 1.165) is 11.8 Å². The van der Waals surface area contributed by atoms with Crippen molar-refractivity contribution in [2.24, 2.45) is 0 Å². The van der Waals surface area contributed by atoms with Gasteiger partial charge < -0.3 is 5.11 Å². The lowest BCUT2D eigenvalue weighted by Crippen LogP contribution is -1.97. The zero-order valence-corrected chi connectivity index (χ0v) is 11.2. The van der Waals surface area contributed by atoms with Gasteiger partial charge in [0.1, 0.15) is 5.03 Å². The van der Waals surface area contributed by atoms with Crippen LogP contribution in [0.4, 0.5) is 5.69 Å². The Morgan fingerprint density at radius 2 is 2.14 bits per heavy atom. The number of nitrogens with zero attached hydrogens (tertiary/aromatic N) is 3. The van der Waals surface area contributed by atoms with Crippen LogP contribution in [-0.4, -0.2) is 21.0 Å². The normalized spacial score (nSPS) is 9.86. The third kappa shape index (κ3) is 3.34. The van der Waals surface area contributed by atoms with E-state index in [2.05, 4.69) is 4.98 Å². The van der Waals surface area contributed by atoms with Crippen molar-refractivity contribution in [3.05, 3.63) is 57.8 Å². The van der Waals surface area contributed by atoms with Gasteiger partial charge in [-0.15, -0.1) is 0 Å². The van der Waals surface area contributed by atoms with Crippen LogP contribution in [0.15, 0.2) is 46.5 Å². The summed E-state index contributed by atoms with van der Waals surface area (Å²) in [6, 6.07) is 8.80. The highest BCUT2D eigenvalue weighted by atomic mass is 32.2. The fourth-order valence-electron chi connectivity index (χ4n) is 1.50. The molecule has 0 unspecified atom stereocenters. The van der Waals surface area contributed by atoms with E-state index in [-0.39, 0.29) is 16.8 Å². The largest absolute Gasteiger partial charge is 0.478 e. The number of carboxylic acids is 1. The molecule has 0 saturated heterocycles. The van der Waals surface area contributed by atoms with Crippen LogP contribution in [0.1, 0.15) is 15.9 Å².